The Morgan fingerprint density at radius 3 is 2.45 bits per heavy atom. The van der Waals surface area contributed by atoms with Gasteiger partial charge in [-0.05, 0) is 57.0 Å². The number of nitrogens with zero attached hydrogens (tertiary/aromatic N) is 2. The van der Waals surface area contributed by atoms with Gasteiger partial charge < -0.3 is 20.7 Å². The second kappa shape index (κ2) is 9.99. The van der Waals surface area contributed by atoms with Crippen molar-refractivity contribution in [3.8, 4) is 5.69 Å². The summed E-state index contributed by atoms with van der Waals surface area (Å²) in [6.45, 7) is 3.99. The van der Waals surface area contributed by atoms with Crippen LogP contribution in [0.15, 0.2) is 53.5 Å². The lowest BCUT2D eigenvalue weighted by molar-refractivity contribution is -0.150. The van der Waals surface area contributed by atoms with Crippen LogP contribution >= 0.6 is 0 Å². The minimum absolute atomic E-state index is 0.183. The van der Waals surface area contributed by atoms with E-state index < -0.39 is 29.3 Å². The van der Waals surface area contributed by atoms with Gasteiger partial charge in [0.05, 0.1) is 18.1 Å². The van der Waals surface area contributed by atoms with Crippen LogP contribution in [-0.4, -0.2) is 59.5 Å². The number of amides is 3. The van der Waals surface area contributed by atoms with Crippen molar-refractivity contribution in [2.75, 3.05) is 20.3 Å². The maximum Gasteiger partial charge on any atom is 0.255 e. The van der Waals surface area contributed by atoms with E-state index in [0.717, 1.165) is 0 Å². The van der Waals surface area contributed by atoms with E-state index in [1.807, 2.05) is 0 Å². The Kier molecular flexibility index (Phi) is 7.33. The molecule has 3 N–H and O–H groups in total. The number of carbonyl (C=O) groups excluding carboxylic acids is 3. The molecule has 0 bridgehead atoms. The Labute approximate surface area is 192 Å². The topological polar surface area (TPSA) is 124 Å². The van der Waals surface area contributed by atoms with Gasteiger partial charge in [-0.25, -0.2) is 0 Å². The average Bonchev–Trinajstić information content (AvgIpc) is 2.78. The van der Waals surface area contributed by atoms with E-state index in [1.165, 1.54) is 22.6 Å². The Morgan fingerprint density at radius 2 is 1.85 bits per heavy atom. The predicted octanol–water partition coefficient (Wildman–Crippen LogP) is 0.899. The van der Waals surface area contributed by atoms with E-state index in [9.17, 15) is 19.2 Å². The third-order valence-corrected chi connectivity index (χ3v) is 5.63. The number of piperidine rings is 1. The second-order valence-electron chi connectivity index (χ2n) is 8.64. The van der Waals surface area contributed by atoms with Crippen molar-refractivity contribution in [3.05, 3.63) is 71.0 Å². The minimum Gasteiger partial charge on any atom is -0.384 e. The van der Waals surface area contributed by atoms with E-state index in [4.69, 9.17) is 10.5 Å². The molecule has 175 valence electrons. The molecule has 2 unspecified atom stereocenters. The summed E-state index contributed by atoms with van der Waals surface area (Å²) in [6, 6.07) is 9.62. The zero-order valence-electron chi connectivity index (χ0n) is 19.0. The molecule has 3 amide bonds. The number of methoxy groups -OCH3 is 1. The fourth-order valence-corrected chi connectivity index (χ4v) is 4.01. The number of rotatable bonds is 7. The zero-order valence-corrected chi connectivity index (χ0v) is 19.0. The first-order chi connectivity index (χ1) is 15.7. The Balaban J connectivity index is 1.77. The van der Waals surface area contributed by atoms with Crippen molar-refractivity contribution in [1.82, 2.24) is 14.8 Å². The minimum atomic E-state index is -1.01. The molecule has 2 heterocycles. The van der Waals surface area contributed by atoms with E-state index in [0.29, 0.717) is 24.2 Å². The molecule has 1 aliphatic heterocycles. The number of nitrogens with one attached hydrogen (secondary N) is 1. The second-order valence-corrected chi connectivity index (χ2v) is 8.64. The van der Waals surface area contributed by atoms with E-state index in [1.54, 1.807) is 62.9 Å². The molecule has 3 rings (SSSR count). The van der Waals surface area contributed by atoms with Gasteiger partial charge in [0, 0.05) is 37.2 Å². The summed E-state index contributed by atoms with van der Waals surface area (Å²) in [7, 11) is 1.51. The monoisotopic (exact) mass is 453 g/mol. The van der Waals surface area contributed by atoms with Crippen LogP contribution in [0.1, 0.15) is 30.6 Å². The van der Waals surface area contributed by atoms with Crippen molar-refractivity contribution in [3.63, 3.8) is 0 Å². The number of ether oxygens (including phenoxy) is 1. The largest absolute Gasteiger partial charge is 0.384 e. The Morgan fingerprint density at radius 1 is 1.15 bits per heavy atom. The van der Waals surface area contributed by atoms with Crippen molar-refractivity contribution < 1.29 is 19.1 Å². The van der Waals surface area contributed by atoms with Gasteiger partial charge in [-0.2, -0.15) is 0 Å². The number of likely N-dealkylation sites (tertiary alicyclic amines) is 1. The lowest BCUT2D eigenvalue weighted by atomic mass is 9.88. The molecule has 0 spiro atoms. The smallest absolute Gasteiger partial charge is 0.255 e. The third-order valence-electron chi connectivity index (χ3n) is 5.63. The third kappa shape index (κ3) is 5.31. The van der Waals surface area contributed by atoms with Crippen LogP contribution in [0.2, 0.25) is 0 Å². The van der Waals surface area contributed by atoms with E-state index in [2.05, 4.69) is 5.32 Å². The van der Waals surface area contributed by atoms with Gasteiger partial charge >= 0.3 is 0 Å². The molecule has 33 heavy (non-hydrogen) atoms. The lowest BCUT2D eigenvalue weighted by Gasteiger charge is -2.42. The van der Waals surface area contributed by atoms with E-state index >= 15 is 0 Å². The van der Waals surface area contributed by atoms with Crippen LogP contribution in [0, 0.1) is 11.8 Å². The maximum atomic E-state index is 13.1. The number of hydrogen-bond donors (Lipinski definition) is 2. The number of primary amides is 1. The highest BCUT2D eigenvalue weighted by Crippen LogP contribution is 2.26. The molecule has 0 saturated carbocycles. The quantitative estimate of drug-likeness (QED) is 0.645. The number of aromatic nitrogens is 1. The SMILES string of the molecule is COCC(C)(C)C(=O)N1CC[CH]C(NC(=O)c2ccc(-n3ccccc3=O)cc2)C1C(N)=O. The van der Waals surface area contributed by atoms with Crippen LogP contribution in [0.25, 0.3) is 5.69 Å². The standard InChI is InChI=1S/C24H29N4O5/c1-24(2,15-33-3)23(32)28-14-6-7-18(20(28)21(25)30)26-22(31)16-9-11-17(12-10-16)27-13-5-4-8-19(27)29/h4-5,7-13,18,20H,6,14-15H2,1-3H3,(H2,25,30)(H,26,31). The maximum absolute atomic E-state index is 13.1. The van der Waals surface area contributed by atoms with Crippen molar-refractivity contribution in [2.24, 2.45) is 11.1 Å². The van der Waals surface area contributed by atoms with Gasteiger partial charge in [-0.1, -0.05) is 6.07 Å². The summed E-state index contributed by atoms with van der Waals surface area (Å²) < 4.78 is 6.61. The molecule has 2 aromatic rings. The van der Waals surface area contributed by atoms with Crippen LogP contribution in [0.5, 0.6) is 0 Å². The lowest BCUT2D eigenvalue weighted by Crippen LogP contribution is -2.64. The number of benzene rings is 1. The average molecular weight is 454 g/mol. The summed E-state index contributed by atoms with van der Waals surface area (Å²) in [5.74, 6) is -1.38. The molecule has 1 aromatic carbocycles. The van der Waals surface area contributed by atoms with Gasteiger partial charge in [-0.3, -0.25) is 23.7 Å². The number of carbonyl (C=O) groups is 3. The molecule has 1 aromatic heterocycles. The molecular weight excluding hydrogens is 424 g/mol. The van der Waals surface area contributed by atoms with Crippen LogP contribution in [0.4, 0.5) is 0 Å². The highest BCUT2D eigenvalue weighted by Gasteiger charge is 2.43. The zero-order chi connectivity index (χ0) is 24.2. The first-order valence-electron chi connectivity index (χ1n) is 10.7. The molecule has 1 saturated heterocycles. The predicted molar refractivity (Wildman–Crippen MR) is 123 cm³/mol. The first-order valence-corrected chi connectivity index (χ1v) is 10.7. The summed E-state index contributed by atoms with van der Waals surface area (Å²) >= 11 is 0. The summed E-state index contributed by atoms with van der Waals surface area (Å²) in [6.07, 6.45) is 3.93. The van der Waals surface area contributed by atoms with Gasteiger partial charge in [0.15, 0.2) is 0 Å². The van der Waals surface area contributed by atoms with E-state index in [-0.39, 0.29) is 18.1 Å². The molecule has 2 atom stereocenters. The molecule has 9 heteroatoms. The Bertz CT molecular complexity index is 1080. The van der Waals surface area contributed by atoms with Crippen LogP contribution in [0.3, 0.4) is 0 Å². The summed E-state index contributed by atoms with van der Waals surface area (Å²) in [5.41, 5.74) is 5.59. The molecule has 9 nitrogen and oxygen atoms in total. The van der Waals surface area contributed by atoms with Gasteiger partial charge in [-0.15, -0.1) is 0 Å². The molecular formula is C24H29N4O5. The summed E-state index contributed by atoms with van der Waals surface area (Å²) in [4.78, 5) is 51.7. The fraction of sp³-hybridized carbons (Fsp3) is 0.375. The number of hydrogen-bond acceptors (Lipinski definition) is 5. The highest BCUT2D eigenvalue weighted by molar-refractivity contribution is 5.96. The molecule has 1 aliphatic rings. The Hall–Kier alpha value is -3.46. The van der Waals surface area contributed by atoms with Gasteiger partial charge in [0.2, 0.25) is 11.8 Å². The normalized spacial score (nSPS) is 18.6. The molecule has 0 aliphatic carbocycles. The van der Waals surface area contributed by atoms with Crippen molar-refractivity contribution in [2.45, 2.75) is 32.4 Å². The highest BCUT2D eigenvalue weighted by atomic mass is 16.5. The van der Waals surface area contributed by atoms with Crippen LogP contribution < -0.4 is 16.6 Å². The van der Waals surface area contributed by atoms with Crippen molar-refractivity contribution >= 4 is 17.7 Å². The van der Waals surface area contributed by atoms with Crippen molar-refractivity contribution in [1.29, 1.82) is 0 Å². The summed E-state index contributed by atoms with van der Waals surface area (Å²) in [5, 5.41) is 2.82. The van der Waals surface area contributed by atoms with Gasteiger partial charge in [0.25, 0.3) is 11.5 Å². The fourth-order valence-electron chi connectivity index (χ4n) is 4.01. The van der Waals surface area contributed by atoms with Gasteiger partial charge in [0.1, 0.15) is 6.04 Å². The molecule has 1 radical (unpaired) electrons. The number of nitrogens with two attached hydrogens (primary N) is 1. The van der Waals surface area contributed by atoms with Crippen LogP contribution in [-0.2, 0) is 14.3 Å². The molecule has 1 fully saturated rings. The first kappa shape index (κ1) is 24.2. The number of pyridine rings is 1.